The topological polar surface area (TPSA) is 100 Å². The number of piperidine rings is 1. The van der Waals surface area contributed by atoms with Crippen LogP contribution in [0.3, 0.4) is 0 Å². The van der Waals surface area contributed by atoms with Crippen LogP contribution >= 0.6 is 11.3 Å². The van der Waals surface area contributed by atoms with Crippen molar-refractivity contribution in [3.05, 3.63) is 24.6 Å². The Labute approximate surface area is 177 Å². The first-order valence-corrected chi connectivity index (χ1v) is 10.7. The highest BCUT2D eigenvalue weighted by molar-refractivity contribution is 7.18. The van der Waals surface area contributed by atoms with E-state index in [9.17, 15) is 5.11 Å². The van der Waals surface area contributed by atoms with Gasteiger partial charge in [-0.1, -0.05) is 11.3 Å². The molecule has 3 aromatic rings. The zero-order valence-corrected chi connectivity index (χ0v) is 17.8. The monoisotopic (exact) mass is 430 g/mol. The summed E-state index contributed by atoms with van der Waals surface area (Å²) in [6.45, 7) is 4.14. The maximum Gasteiger partial charge on any atom is 0.247 e. The fourth-order valence-electron chi connectivity index (χ4n) is 4.79. The van der Waals surface area contributed by atoms with Crippen LogP contribution in [0.4, 0.5) is 9.52 Å². The lowest BCUT2D eigenvalue weighted by molar-refractivity contribution is 0.0862. The summed E-state index contributed by atoms with van der Waals surface area (Å²) in [4.78, 5) is 1.90. The minimum atomic E-state index is -1.01. The van der Waals surface area contributed by atoms with Crippen molar-refractivity contribution < 1.29 is 13.9 Å². The van der Waals surface area contributed by atoms with Crippen LogP contribution in [0, 0.1) is 0 Å². The van der Waals surface area contributed by atoms with Gasteiger partial charge in [0.15, 0.2) is 5.01 Å². The Balaban J connectivity index is 1.41. The van der Waals surface area contributed by atoms with Gasteiger partial charge in [-0.3, -0.25) is 0 Å². The average Bonchev–Trinajstić information content (AvgIpc) is 3.45. The van der Waals surface area contributed by atoms with E-state index in [-0.39, 0.29) is 17.3 Å². The molecule has 1 aromatic carbocycles. The van der Waals surface area contributed by atoms with Crippen molar-refractivity contribution in [1.29, 1.82) is 0 Å². The second-order valence-electron chi connectivity index (χ2n) is 8.75. The van der Waals surface area contributed by atoms with Crippen LogP contribution in [0.5, 0.6) is 5.75 Å². The number of alkyl halides is 1. The molecule has 0 aliphatic carbocycles. The van der Waals surface area contributed by atoms with E-state index < -0.39 is 11.7 Å². The maximum absolute atomic E-state index is 15.4. The number of aromatic nitrogens is 4. The Morgan fingerprint density at radius 1 is 1.27 bits per heavy atom. The highest BCUT2D eigenvalue weighted by atomic mass is 32.1. The van der Waals surface area contributed by atoms with Gasteiger partial charge in [0.1, 0.15) is 11.9 Å². The molecule has 2 fully saturated rings. The van der Waals surface area contributed by atoms with E-state index in [1.54, 1.807) is 18.2 Å². The lowest BCUT2D eigenvalue weighted by Crippen LogP contribution is -2.65. The van der Waals surface area contributed by atoms with E-state index >= 15 is 4.39 Å². The number of halogens is 1. The Hall–Kier alpha value is -2.59. The van der Waals surface area contributed by atoms with Crippen LogP contribution in [0.2, 0.25) is 0 Å². The van der Waals surface area contributed by atoms with Gasteiger partial charge in [0.05, 0.1) is 11.6 Å². The van der Waals surface area contributed by atoms with Crippen molar-refractivity contribution in [1.82, 2.24) is 25.7 Å². The average molecular weight is 431 g/mol. The van der Waals surface area contributed by atoms with Crippen LogP contribution in [0.25, 0.3) is 22.0 Å². The molecule has 0 unspecified atom stereocenters. The molecule has 4 heterocycles. The SMILES string of the molecule is CN(c1nnc(-c2ccc(-c3nnco3)cc2O)s1)[C@H]1C[C@]2(C)CC[C@@](C)(N2)[C@H]1F. The van der Waals surface area contributed by atoms with Crippen LogP contribution in [-0.2, 0) is 0 Å². The van der Waals surface area contributed by atoms with Gasteiger partial charge in [-0.25, -0.2) is 4.39 Å². The van der Waals surface area contributed by atoms with Crippen molar-refractivity contribution in [2.45, 2.75) is 56.4 Å². The zero-order valence-electron chi connectivity index (χ0n) is 17.0. The number of hydrogen-bond acceptors (Lipinski definition) is 9. The first-order valence-electron chi connectivity index (χ1n) is 9.88. The molecular weight excluding hydrogens is 407 g/mol. The number of nitrogens with zero attached hydrogens (tertiary/aromatic N) is 5. The highest BCUT2D eigenvalue weighted by Crippen LogP contribution is 2.46. The largest absolute Gasteiger partial charge is 0.507 e. The number of benzene rings is 1. The van der Waals surface area contributed by atoms with Gasteiger partial charge >= 0.3 is 0 Å². The molecule has 0 spiro atoms. The lowest BCUT2D eigenvalue weighted by Gasteiger charge is -2.47. The molecule has 2 aromatic heterocycles. The molecule has 2 aliphatic heterocycles. The smallest absolute Gasteiger partial charge is 0.247 e. The normalized spacial score (nSPS) is 30.5. The van der Waals surface area contributed by atoms with Gasteiger partial charge in [0.2, 0.25) is 17.4 Å². The van der Waals surface area contributed by atoms with Gasteiger partial charge in [-0.15, -0.1) is 20.4 Å². The van der Waals surface area contributed by atoms with Crippen LogP contribution in [-0.4, -0.2) is 55.8 Å². The van der Waals surface area contributed by atoms with Crippen molar-refractivity contribution in [2.24, 2.45) is 0 Å². The van der Waals surface area contributed by atoms with Gasteiger partial charge in [0, 0.05) is 23.7 Å². The number of nitrogens with one attached hydrogen (secondary N) is 1. The summed E-state index contributed by atoms with van der Waals surface area (Å²) in [6.07, 6.45) is 2.73. The molecule has 0 saturated carbocycles. The second-order valence-corrected chi connectivity index (χ2v) is 9.71. The van der Waals surface area contributed by atoms with Crippen LogP contribution < -0.4 is 10.2 Å². The first kappa shape index (κ1) is 19.4. The molecule has 2 N–H and O–H groups in total. The summed E-state index contributed by atoms with van der Waals surface area (Å²) < 4.78 is 20.6. The number of phenolic OH excluding ortho intramolecular Hbond substituents is 1. The predicted octanol–water partition coefficient (Wildman–Crippen LogP) is 3.41. The fourth-order valence-corrected chi connectivity index (χ4v) is 5.68. The molecule has 0 amide bonds. The number of anilines is 1. The van der Waals surface area contributed by atoms with E-state index in [2.05, 4.69) is 32.6 Å². The highest BCUT2D eigenvalue weighted by Gasteiger charge is 2.56. The zero-order chi connectivity index (χ0) is 21.1. The molecule has 4 atom stereocenters. The summed E-state index contributed by atoms with van der Waals surface area (Å²) in [5.41, 5.74) is 0.591. The van der Waals surface area contributed by atoms with E-state index in [0.717, 1.165) is 12.8 Å². The molecular formula is C20H23FN6O2S. The Kier molecular flexibility index (Phi) is 4.33. The fraction of sp³-hybridized carbons (Fsp3) is 0.500. The van der Waals surface area contributed by atoms with Crippen molar-refractivity contribution >= 4 is 16.5 Å². The quantitative estimate of drug-likeness (QED) is 0.650. The lowest BCUT2D eigenvalue weighted by atomic mass is 9.82. The molecule has 0 radical (unpaired) electrons. The Morgan fingerprint density at radius 2 is 2.10 bits per heavy atom. The summed E-state index contributed by atoms with van der Waals surface area (Å²) in [6, 6.07) is 4.79. The summed E-state index contributed by atoms with van der Waals surface area (Å²) in [5, 5.41) is 31.2. The predicted molar refractivity (Wildman–Crippen MR) is 111 cm³/mol. The third-order valence-corrected chi connectivity index (χ3v) is 7.49. The van der Waals surface area contributed by atoms with Gasteiger partial charge in [0.25, 0.3) is 0 Å². The number of phenols is 1. The summed E-state index contributed by atoms with van der Waals surface area (Å²) >= 11 is 1.33. The van der Waals surface area contributed by atoms with E-state index in [1.165, 1.54) is 17.7 Å². The third-order valence-electron chi connectivity index (χ3n) is 6.44. The molecule has 30 heavy (non-hydrogen) atoms. The number of hydrogen-bond donors (Lipinski definition) is 2. The van der Waals surface area contributed by atoms with Crippen molar-refractivity contribution in [3.8, 4) is 27.8 Å². The number of fused-ring (bicyclic) bond motifs is 2. The third kappa shape index (κ3) is 3.05. The van der Waals surface area contributed by atoms with E-state index in [0.29, 0.717) is 33.6 Å². The van der Waals surface area contributed by atoms with Gasteiger partial charge < -0.3 is 19.7 Å². The second kappa shape index (κ2) is 6.71. The Morgan fingerprint density at radius 3 is 2.83 bits per heavy atom. The standard InChI is InChI=1S/C20H23FN6O2S/c1-19-6-7-20(2,26-19)15(21)13(9-19)27(3)18-25-24-17(30-18)12-5-4-11(8-14(12)28)16-23-22-10-29-16/h4-5,8,10,13,15,26,28H,6-7,9H2,1-3H3/t13-,15-,19-,20+/m0/s1. The summed E-state index contributed by atoms with van der Waals surface area (Å²) in [5.74, 6) is 0.366. The maximum atomic E-state index is 15.4. The van der Waals surface area contributed by atoms with Crippen LogP contribution in [0.15, 0.2) is 29.0 Å². The minimum absolute atomic E-state index is 0.0411. The molecule has 10 heteroatoms. The Bertz CT molecular complexity index is 1080. The van der Waals surface area contributed by atoms with Gasteiger partial charge in [-0.2, -0.15) is 0 Å². The van der Waals surface area contributed by atoms with E-state index in [1.807, 2.05) is 18.9 Å². The molecule has 2 aliphatic rings. The summed E-state index contributed by atoms with van der Waals surface area (Å²) in [7, 11) is 1.87. The molecule has 158 valence electrons. The molecule has 8 nitrogen and oxygen atoms in total. The number of rotatable bonds is 4. The van der Waals surface area contributed by atoms with Crippen molar-refractivity contribution in [2.75, 3.05) is 11.9 Å². The first-order chi connectivity index (χ1) is 14.3. The van der Waals surface area contributed by atoms with E-state index in [4.69, 9.17) is 4.42 Å². The minimum Gasteiger partial charge on any atom is -0.507 e. The van der Waals surface area contributed by atoms with Crippen LogP contribution in [0.1, 0.15) is 33.1 Å². The number of aromatic hydroxyl groups is 1. The van der Waals surface area contributed by atoms with Crippen molar-refractivity contribution in [3.63, 3.8) is 0 Å². The molecule has 2 saturated heterocycles. The molecule has 5 rings (SSSR count). The van der Waals surface area contributed by atoms with Gasteiger partial charge in [-0.05, 0) is 51.3 Å². The molecule has 2 bridgehead atoms.